The van der Waals surface area contributed by atoms with Crippen LogP contribution in [0.1, 0.15) is 30.4 Å². The highest BCUT2D eigenvalue weighted by atomic mass is 35.5. The first-order chi connectivity index (χ1) is 10.2. The van der Waals surface area contributed by atoms with E-state index in [0.29, 0.717) is 6.42 Å². The highest BCUT2D eigenvalue weighted by Crippen LogP contribution is 2.21. The molecule has 0 bridgehead atoms. The van der Waals surface area contributed by atoms with Crippen LogP contribution < -0.4 is 10.6 Å². The third kappa shape index (κ3) is 5.95. The minimum Gasteiger partial charge on any atom is -0.355 e. The summed E-state index contributed by atoms with van der Waals surface area (Å²) >= 11 is 0. The third-order valence-corrected chi connectivity index (χ3v) is 4.17. The minimum absolute atomic E-state index is 0. The summed E-state index contributed by atoms with van der Waals surface area (Å²) in [6, 6.07) is 8.31. The predicted molar refractivity (Wildman–Crippen MR) is 93.8 cm³/mol. The van der Waals surface area contributed by atoms with E-state index in [-0.39, 0.29) is 24.2 Å². The fourth-order valence-electron chi connectivity index (χ4n) is 2.89. The molecule has 4 nitrogen and oxygen atoms in total. The highest BCUT2D eigenvalue weighted by molar-refractivity contribution is 5.85. The van der Waals surface area contributed by atoms with E-state index in [0.717, 1.165) is 39.3 Å². The SMILES string of the molecule is Cc1ccccc1C(C)CC(=O)NCCN1CCNCC1.Cl. The molecule has 0 spiro atoms. The monoisotopic (exact) mass is 325 g/mol. The summed E-state index contributed by atoms with van der Waals surface area (Å²) in [5.41, 5.74) is 2.54. The fourth-order valence-corrected chi connectivity index (χ4v) is 2.89. The Labute approximate surface area is 140 Å². The second-order valence-electron chi connectivity index (χ2n) is 5.90. The third-order valence-electron chi connectivity index (χ3n) is 4.17. The maximum absolute atomic E-state index is 12.0. The first-order valence-electron chi connectivity index (χ1n) is 7.92. The van der Waals surface area contributed by atoms with E-state index >= 15 is 0 Å². The van der Waals surface area contributed by atoms with Gasteiger partial charge in [0.05, 0.1) is 0 Å². The molecule has 0 aromatic heterocycles. The normalized spacial score (nSPS) is 16.6. The van der Waals surface area contributed by atoms with Gasteiger partial charge in [-0.25, -0.2) is 0 Å². The topological polar surface area (TPSA) is 44.4 Å². The number of piperazine rings is 1. The molecule has 2 rings (SSSR count). The van der Waals surface area contributed by atoms with E-state index < -0.39 is 0 Å². The number of hydrogen-bond donors (Lipinski definition) is 2. The standard InChI is InChI=1S/C17H27N3O.ClH/c1-14-5-3-4-6-16(14)15(2)13-17(21)19-9-12-20-10-7-18-8-11-20;/h3-6,15,18H,7-13H2,1-2H3,(H,19,21);1H. The van der Waals surface area contributed by atoms with Crippen LogP contribution in [0.4, 0.5) is 0 Å². The van der Waals surface area contributed by atoms with Crippen LogP contribution in [0, 0.1) is 6.92 Å². The summed E-state index contributed by atoms with van der Waals surface area (Å²) in [6.07, 6.45) is 0.562. The van der Waals surface area contributed by atoms with Crippen molar-refractivity contribution in [3.05, 3.63) is 35.4 Å². The van der Waals surface area contributed by atoms with Gasteiger partial charge < -0.3 is 10.6 Å². The van der Waals surface area contributed by atoms with Crippen LogP contribution in [0.15, 0.2) is 24.3 Å². The van der Waals surface area contributed by atoms with Crippen molar-refractivity contribution in [1.29, 1.82) is 0 Å². The zero-order chi connectivity index (χ0) is 15.1. The summed E-state index contributed by atoms with van der Waals surface area (Å²) < 4.78 is 0. The molecule has 1 aliphatic heterocycles. The molecule has 5 heteroatoms. The Bertz CT molecular complexity index is 461. The lowest BCUT2D eigenvalue weighted by Crippen LogP contribution is -2.46. The molecule has 0 saturated carbocycles. The first-order valence-corrected chi connectivity index (χ1v) is 7.92. The van der Waals surface area contributed by atoms with Gasteiger partial charge >= 0.3 is 0 Å². The summed E-state index contributed by atoms with van der Waals surface area (Å²) in [7, 11) is 0. The van der Waals surface area contributed by atoms with Crippen molar-refractivity contribution in [2.45, 2.75) is 26.2 Å². The number of amides is 1. The molecule has 1 aromatic rings. The van der Waals surface area contributed by atoms with Gasteiger partial charge in [0.2, 0.25) is 5.91 Å². The maximum atomic E-state index is 12.0. The van der Waals surface area contributed by atoms with Gasteiger partial charge in [-0.1, -0.05) is 31.2 Å². The van der Waals surface area contributed by atoms with Crippen LogP contribution in [0.2, 0.25) is 0 Å². The van der Waals surface area contributed by atoms with E-state index in [1.54, 1.807) is 0 Å². The van der Waals surface area contributed by atoms with Gasteiger partial charge in [-0.05, 0) is 24.0 Å². The van der Waals surface area contributed by atoms with E-state index in [1.807, 2.05) is 12.1 Å². The molecular weight excluding hydrogens is 298 g/mol. The summed E-state index contributed by atoms with van der Waals surface area (Å²) in [5.74, 6) is 0.422. The van der Waals surface area contributed by atoms with Crippen LogP contribution in [0.3, 0.4) is 0 Å². The van der Waals surface area contributed by atoms with E-state index in [4.69, 9.17) is 0 Å². The smallest absolute Gasteiger partial charge is 0.220 e. The largest absolute Gasteiger partial charge is 0.355 e. The van der Waals surface area contributed by atoms with Crippen molar-refractivity contribution >= 4 is 18.3 Å². The van der Waals surface area contributed by atoms with Gasteiger partial charge in [-0.15, -0.1) is 12.4 Å². The Morgan fingerprint density at radius 3 is 2.68 bits per heavy atom. The van der Waals surface area contributed by atoms with Crippen molar-refractivity contribution in [1.82, 2.24) is 15.5 Å². The molecule has 0 radical (unpaired) electrons. The number of halogens is 1. The Hall–Kier alpha value is -1.10. The summed E-state index contributed by atoms with van der Waals surface area (Å²) in [5, 5.41) is 6.38. The van der Waals surface area contributed by atoms with E-state index in [9.17, 15) is 4.79 Å². The number of carbonyl (C=O) groups is 1. The average Bonchev–Trinajstić information content (AvgIpc) is 2.48. The molecule has 1 aliphatic rings. The van der Waals surface area contributed by atoms with Crippen LogP contribution in [0.25, 0.3) is 0 Å². The van der Waals surface area contributed by atoms with Gasteiger partial charge in [0.1, 0.15) is 0 Å². The van der Waals surface area contributed by atoms with E-state index in [2.05, 4.69) is 41.5 Å². The Balaban J connectivity index is 0.00000242. The van der Waals surface area contributed by atoms with Gasteiger partial charge in [-0.2, -0.15) is 0 Å². The molecule has 124 valence electrons. The van der Waals surface area contributed by atoms with Gasteiger partial charge in [0, 0.05) is 45.7 Å². The predicted octanol–water partition coefficient (Wildman–Crippen LogP) is 1.93. The first kappa shape index (κ1) is 18.9. The number of carbonyl (C=O) groups excluding carboxylic acids is 1. The van der Waals surface area contributed by atoms with Crippen LogP contribution in [-0.4, -0.2) is 50.1 Å². The van der Waals surface area contributed by atoms with E-state index in [1.165, 1.54) is 11.1 Å². The van der Waals surface area contributed by atoms with Crippen molar-refractivity contribution in [3.8, 4) is 0 Å². The van der Waals surface area contributed by atoms with Gasteiger partial charge in [0.15, 0.2) is 0 Å². The number of nitrogens with one attached hydrogen (secondary N) is 2. The van der Waals surface area contributed by atoms with Crippen molar-refractivity contribution in [2.24, 2.45) is 0 Å². The number of nitrogens with zero attached hydrogens (tertiary/aromatic N) is 1. The zero-order valence-electron chi connectivity index (χ0n) is 13.6. The molecule has 1 unspecified atom stereocenters. The lowest BCUT2D eigenvalue weighted by atomic mass is 9.93. The van der Waals surface area contributed by atoms with Gasteiger partial charge in [0.25, 0.3) is 0 Å². The molecular formula is C17H28ClN3O. The lowest BCUT2D eigenvalue weighted by molar-refractivity contribution is -0.121. The maximum Gasteiger partial charge on any atom is 0.220 e. The lowest BCUT2D eigenvalue weighted by Gasteiger charge is -2.27. The number of rotatable bonds is 6. The number of hydrogen-bond acceptors (Lipinski definition) is 3. The quantitative estimate of drug-likeness (QED) is 0.840. The molecule has 0 aliphatic carbocycles. The summed E-state index contributed by atoms with van der Waals surface area (Å²) in [4.78, 5) is 14.4. The van der Waals surface area contributed by atoms with Crippen LogP contribution in [-0.2, 0) is 4.79 Å². The molecule has 1 heterocycles. The highest BCUT2D eigenvalue weighted by Gasteiger charge is 2.13. The second-order valence-corrected chi connectivity index (χ2v) is 5.90. The molecule has 1 atom stereocenters. The number of aryl methyl sites for hydroxylation is 1. The van der Waals surface area contributed by atoms with Crippen molar-refractivity contribution < 1.29 is 4.79 Å². The molecule has 1 fully saturated rings. The summed E-state index contributed by atoms with van der Waals surface area (Å²) in [6.45, 7) is 10.2. The number of benzene rings is 1. The molecule has 1 saturated heterocycles. The molecule has 1 aromatic carbocycles. The Kier molecular flexibility index (Phi) is 8.46. The average molecular weight is 326 g/mol. The second kappa shape index (κ2) is 9.82. The van der Waals surface area contributed by atoms with Crippen molar-refractivity contribution in [3.63, 3.8) is 0 Å². The van der Waals surface area contributed by atoms with Crippen molar-refractivity contribution in [2.75, 3.05) is 39.3 Å². The Morgan fingerprint density at radius 2 is 2.00 bits per heavy atom. The zero-order valence-corrected chi connectivity index (χ0v) is 14.4. The molecule has 2 N–H and O–H groups in total. The minimum atomic E-state index is 0. The van der Waals surface area contributed by atoms with Gasteiger partial charge in [-0.3, -0.25) is 9.69 Å². The van der Waals surface area contributed by atoms with Crippen LogP contribution in [0.5, 0.6) is 0 Å². The van der Waals surface area contributed by atoms with Crippen LogP contribution >= 0.6 is 12.4 Å². The molecule has 1 amide bonds. The molecule has 22 heavy (non-hydrogen) atoms. The Morgan fingerprint density at radius 1 is 1.32 bits per heavy atom. The fraction of sp³-hybridized carbons (Fsp3) is 0.588.